The molecule has 3 rings (SSSR count). The summed E-state index contributed by atoms with van der Waals surface area (Å²) in [5.74, 6) is 0.322. The van der Waals surface area contributed by atoms with Crippen LogP contribution in [-0.2, 0) is 4.79 Å². The van der Waals surface area contributed by atoms with Crippen LogP contribution in [0.4, 0.5) is 0 Å². The highest BCUT2D eigenvalue weighted by Crippen LogP contribution is 2.63. The summed E-state index contributed by atoms with van der Waals surface area (Å²) < 4.78 is 0. The van der Waals surface area contributed by atoms with Crippen molar-refractivity contribution in [2.45, 2.75) is 65.7 Å². The van der Waals surface area contributed by atoms with Gasteiger partial charge < -0.3 is 5.11 Å². The number of allylic oxidation sites excluding steroid dienone is 3. The van der Waals surface area contributed by atoms with Gasteiger partial charge in [0.05, 0.1) is 5.41 Å². The molecule has 0 saturated heterocycles. The highest BCUT2D eigenvalue weighted by molar-refractivity contribution is 5.75. The lowest BCUT2D eigenvalue weighted by Crippen LogP contribution is -2.54. The van der Waals surface area contributed by atoms with Crippen molar-refractivity contribution < 1.29 is 9.90 Å². The number of aliphatic carboxylic acids is 1. The smallest absolute Gasteiger partial charge is 0.309 e. The van der Waals surface area contributed by atoms with Gasteiger partial charge in [0, 0.05) is 5.41 Å². The molecule has 0 aromatic heterocycles. The maximum Gasteiger partial charge on any atom is 0.309 e. The van der Waals surface area contributed by atoms with Gasteiger partial charge in [0.2, 0.25) is 0 Å². The first-order valence-electron chi connectivity index (χ1n) is 8.84. The van der Waals surface area contributed by atoms with Crippen LogP contribution in [0, 0.1) is 28.1 Å². The monoisotopic (exact) mass is 302 g/mol. The lowest BCUT2D eigenvalue weighted by molar-refractivity contribution is -0.164. The maximum atomic E-state index is 12.0. The van der Waals surface area contributed by atoms with Crippen LogP contribution >= 0.6 is 0 Å². The minimum absolute atomic E-state index is 0.139. The molecule has 122 valence electrons. The van der Waals surface area contributed by atoms with Gasteiger partial charge in [-0.25, -0.2) is 0 Å². The van der Waals surface area contributed by atoms with Crippen LogP contribution < -0.4 is 0 Å². The summed E-state index contributed by atoms with van der Waals surface area (Å²) in [7, 11) is 0. The van der Waals surface area contributed by atoms with E-state index in [9.17, 15) is 9.90 Å². The Morgan fingerprint density at radius 3 is 2.64 bits per heavy atom. The van der Waals surface area contributed by atoms with Crippen molar-refractivity contribution in [3.05, 3.63) is 24.3 Å². The van der Waals surface area contributed by atoms with Crippen LogP contribution in [0.2, 0.25) is 0 Å². The fourth-order valence-corrected chi connectivity index (χ4v) is 5.94. The molecule has 0 bridgehead atoms. The summed E-state index contributed by atoms with van der Waals surface area (Å²) in [6.45, 7) is 10.7. The van der Waals surface area contributed by atoms with E-state index in [-0.39, 0.29) is 10.8 Å². The molecule has 0 heterocycles. The van der Waals surface area contributed by atoms with Gasteiger partial charge >= 0.3 is 5.97 Å². The molecular weight excluding hydrogens is 272 g/mol. The lowest BCUT2D eigenvalue weighted by Gasteiger charge is -2.59. The van der Waals surface area contributed by atoms with Crippen LogP contribution in [0.1, 0.15) is 65.7 Å². The molecular formula is C20H30O2. The summed E-state index contributed by atoms with van der Waals surface area (Å²) >= 11 is 0. The molecule has 0 unspecified atom stereocenters. The van der Waals surface area contributed by atoms with Crippen LogP contribution in [0.25, 0.3) is 0 Å². The highest BCUT2D eigenvalue weighted by atomic mass is 16.4. The molecule has 3 aliphatic rings. The second kappa shape index (κ2) is 4.97. The molecule has 2 heteroatoms. The summed E-state index contributed by atoms with van der Waals surface area (Å²) in [6.07, 6.45) is 12.1. The Labute approximate surface area is 134 Å². The highest BCUT2D eigenvalue weighted by Gasteiger charge is 2.58. The molecule has 0 aromatic carbocycles. The summed E-state index contributed by atoms with van der Waals surface area (Å²) in [6, 6.07) is 0. The zero-order chi connectivity index (χ0) is 16.2. The Bertz CT molecular complexity index is 534. The first kappa shape index (κ1) is 15.8. The van der Waals surface area contributed by atoms with Crippen molar-refractivity contribution in [3.63, 3.8) is 0 Å². The molecule has 0 amide bonds. The Hall–Kier alpha value is -1.05. The largest absolute Gasteiger partial charge is 0.481 e. The topological polar surface area (TPSA) is 37.3 Å². The average Bonchev–Trinajstić information content (AvgIpc) is 2.46. The van der Waals surface area contributed by atoms with Crippen LogP contribution in [0.3, 0.4) is 0 Å². The van der Waals surface area contributed by atoms with Crippen molar-refractivity contribution in [2.75, 3.05) is 0 Å². The second-order valence-corrected chi connectivity index (χ2v) is 8.69. The first-order valence-corrected chi connectivity index (χ1v) is 8.84. The van der Waals surface area contributed by atoms with Crippen molar-refractivity contribution in [3.8, 4) is 0 Å². The number of hydrogen-bond donors (Lipinski definition) is 1. The third-order valence-electron chi connectivity index (χ3n) is 7.38. The van der Waals surface area contributed by atoms with E-state index in [0.29, 0.717) is 11.8 Å². The molecule has 0 radical (unpaired) electrons. The van der Waals surface area contributed by atoms with E-state index in [1.807, 2.05) is 6.92 Å². The van der Waals surface area contributed by atoms with Crippen molar-refractivity contribution >= 4 is 5.97 Å². The van der Waals surface area contributed by atoms with Crippen molar-refractivity contribution in [1.29, 1.82) is 0 Å². The van der Waals surface area contributed by atoms with E-state index >= 15 is 0 Å². The Morgan fingerprint density at radius 1 is 1.27 bits per heavy atom. The molecule has 3 aliphatic carbocycles. The van der Waals surface area contributed by atoms with Crippen LogP contribution in [0.5, 0.6) is 0 Å². The van der Waals surface area contributed by atoms with Crippen molar-refractivity contribution in [2.24, 2.45) is 28.1 Å². The second-order valence-electron chi connectivity index (χ2n) is 8.69. The van der Waals surface area contributed by atoms with Gasteiger partial charge in [-0.05, 0) is 62.7 Å². The molecule has 2 saturated carbocycles. The Kier molecular flexibility index (Phi) is 3.58. The number of rotatable bonds is 2. The molecule has 5 atom stereocenters. The third-order valence-corrected chi connectivity index (χ3v) is 7.38. The molecule has 2 nitrogen and oxygen atoms in total. The normalized spacial score (nSPS) is 47.9. The fourth-order valence-electron chi connectivity index (χ4n) is 5.94. The standard InChI is InChI=1S/C20H30O2/c1-5-18(2)12-9-15-14(13-18)7-8-16-19(15,3)10-6-11-20(16,4)17(21)22/h5,13,15-16H,1,6-12H2,2-4H3,(H,21,22)/t15-,16+,18+,19-,20+/m1/s1. The van der Waals surface area contributed by atoms with Gasteiger partial charge in [0.25, 0.3) is 0 Å². The minimum atomic E-state index is -0.581. The number of hydrogen-bond acceptors (Lipinski definition) is 1. The van der Waals surface area contributed by atoms with Gasteiger partial charge in [-0.15, -0.1) is 6.58 Å². The molecule has 1 N–H and O–H groups in total. The first-order chi connectivity index (χ1) is 10.3. The lowest BCUT2D eigenvalue weighted by atomic mass is 9.45. The van der Waals surface area contributed by atoms with Gasteiger partial charge in [-0.3, -0.25) is 4.79 Å². The number of fused-ring (bicyclic) bond motifs is 3. The zero-order valence-corrected chi connectivity index (χ0v) is 14.3. The third kappa shape index (κ3) is 2.10. The van der Waals surface area contributed by atoms with Gasteiger partial charge in [-0.1, -0.05) is 38.0 Å². The number of carboxylic acids is 1. The molecule has 0 spiro atoms. The minimum Gasteiger partial charge on any atom is -0.481 e. The molecule has 2 fully saturated rings. The predicted octanol–water partition coefficient (Wildman–Crippen LogP) is 5.21. The molecule has 22 heavy (non-hydrogen) atoms. The SMILES string of the molecule is C=C[C@]1(C)C=C2CC[C@H]3[C@](C)(CCC[C@]3(C)C(=O)O)[C@@H]2CC1. The average molecular weight is 302 g/mol. The summed E-state index contributed by atoms with van der Waals surface area (Å²) in [4.78, 5) is 12.0. The van der Waals surface area contributed by atoms with Crippen molar-refractivity contribution in [1.82, 2.24) is 0 Å². The number of carbonyl (C=O) groups is 1. The van der Waals surface area contributed by atoms with Crippen LogP contribution in [-0.4, -0.2) is 11.1 Å². The van der Waals surface area contributed by atoms with Gasteiger partial charge in [0.1, 0.15) is 0 Å². The van der Waals surface area contributed by atoms with E-state index in [2.05, 4.69) is 32.6 Å². The van der Waals surface area contributed by atoms with E-state index in [1.54, 1.807) is 5.57 Å². The predicted molar refractivity (Wildman–Crippen MR) is 89.5 cm³/mol. The summed E-state index contributed by atoms with van der Waals surface area (Å²) in [5.41, 5.74) is 1.36. The van der Waals surface area contributed by atoms with E-state index in [0.717, 1.165) is 32.1 Å². The maximum absolute atomic E-state index is 12.0. The van der Waals surface area contributed by atoms with E-state index in [4.69, 9.17) is 0 Å². The zero-order valence-electron chi connectivity index (χ0n) is 14.3. The van der Waals surface area contributed by atoms with Crippen LogP contribution in [0.15, 0.2) is 24.3 Å². The quantitative estimate of drug-likeness (QED) is 0.711. The van der Waals surface area contributed by atoms with E-state index in [1.165, 1.54) is 12.8 Å². The van der Waals surface area contributed by atoms with E-state index < -0.39 is 11.4 Å². The number of carboxylic acid groups (broad SMARTS) is 1. The fraction of sp³-hybridized carbons (Fsp3) is 0.750. The summed E-state index contributed by atoms with van der Waals surface area (Å²) in [5, 5.41) is 9.84. The molecule has 0 aromatic rings. The van der Waals surface area contributed by atoms with Gasteiger partial charge in [0.15, 0.2) is 0 Å². The Morgan fingerprint density at radius 2 is 2.00 bits per heavy atom. The van der Waals surface area contributed by atoms with Gasteiger partial charge in [-0.2, -0.15) is 0 Å². The molecule has 0 aliphatic heterocycles. The Balaban J connectivity index is 1.99.